The van der Waals surface area contributed by atoms with Crippen molar-refractivity contribution in [2.24, 2.45) is 5.73 Å². The van der Waals surface area contributed by atoms with Gasteiger partial charge in [0.25, 0.3) is 0 Å². The van der Waals surface area contributed by atoms with Gasteiger partial charge in [-0.3, -0.25) is 5.41 Å². The van der Waals surface area contributed by atoms with E-state index in [4.69, 9.17) is 25.4 Å². The number of nitrogen functional groups attached to an aromatic ring is 1. The van der Waals surface area contributed by atoms with Gasteiger partial charge in [0.05, 0.1) is 7.11 Å². The highest BCUT2D eigenvalue weighted by molar-refractivity contribution is 5.95. The van der Waals surface area contributed by atoms with Gasteiger partial charge in [0.2, 0.25) is 0 Å². The Morgan fingerprint density at radius 3 is 2.19 bits per heavy atom. The summed E-state index contributed by atoms with van der Waals surface area (Å²) in [6.07, 6.45) is 0. The lowest BCUT2D eigenvalue weighted by Crippen LogP contribution is -2.12. The number of nitrogens with two attached hydrogens (primary N) is 1. The highest BCUT2D eigenvalue weighted by Crippen LogP contribution is 2.22. The maximum atomic E-state index is 7.47. The quantitative estimate of drug-likeness (QED) is 0.465. The largest absolute Gasteiger partial charge is 0.497 e. The number of ether oxygens (including phenoxy) is 3. The fraction of sp³-hybridized carbons (Fsp3) is 0.188. The molecule has 0 aliphatic carbocycles. The minimum absolute atomic E-state index is 0.0284. The molecule has 0 aliphatic rings. The van der Waals surface area contributed by atoms with Gasteiger partial charge < -0.3 is 19.9 Å². The first-order valence-corrected chi connectivity index (χ1v) is 6.53. The molecule has 3 N–H and O–H groups in total. The Balaban J connectivity index is 1.90. The Morgan fingerprint density at radius 2 is 1.57 bits per heavy atom. The molecule has 110 valence electrons. The molecule has 0 atom stereocenters. The number of hydrogen-bond donors (Lipinski definition) is 2. The number of benzene rings is 2. The van der Waals surface area contributed by atoms with Crippen LogP contribution in [0, 0.1) is 5.41 Å². The Kier molecular flexibility index (Phi) is 5.04. The van der Waals surface area contributed by atoms with Crippen molar-refractivity contribution < 1.29 is 14.2 Å². The zero-order valence-electron chi connectivity index (χ0n) is 11.8. The minimum Gasteiger partial charge on any atom is -0.497 e. The van der Waals surface area contributed by atoms with Crippen LogP contribution < -0.4 is 19.9 Å². The van der Waals surface area contributed by atoms with E-state index >= 15 is 0 Å². The van der Waals surface area contributed by atoms with Gasteiger partial charge in [-0.1, -0.05) is 18.2 Å². The molecule has 0 amide bonds. The molecule has 0 saturated heterocycles. The molecule has 0 unspecified atom stereocenters. The maximum absolute atomic E-state index is 7.47. The lowest BCUT2D eigenvalue weighted by molar-refractivity contribution is 0.216. The highest BCUT2D eigenvalue weighted by Gasteiger charge is 2.05. The molecule has 0 radical (unpaired) electrons. The number of nitrogens with one attached hydrogen (secondary N) is 1. The van der Waals surface area contributed by atoms with Crippen LogP contribution in [0.4, 0.5) is 0 Å². The number of amidine groups is 1. The summed E-state index contributed by atoms with van der Waals surface area (Å²) in [5, 5.41) is 7.47. The van der Waals surface area contributed by atoms with Crippen LogP contribution in [0.3, 0.4) is 0 Å². The molecule has 2 aromatic carbocycles. The van der Waals surface area contributed by atoms with E-state index in [9.17, 15) is 0 Å². The van der Waals surface area contributed by atoms with Crippen LogP contribution in [0.15, 0.2) is 48.5 Å². The van der Waals surface area contributed by atoms with E-state index in [0.29, 0.717) is 30.3 Å². The van der Waals surface area contributed by atoms with Gasteiger partial charge >= 0.3 is 0 Å². The van der Waals surface area contributed by atoms with Gasteiger partial charge in [-0.05, 0) is 24.3 Å². The summed E-state index contributed by atoms with van der Waals surface area (Å²) in [7, 11) is 1.56. The van der Waals surface area contributed by atoms with Gasteiger partial charge in [0.1, 0.15) is 36.3 Å². The summed E-state index contributed by atoms with van der Waals surface area (Å²) in [4.78, 5) is 0. The second-order valence-corrected chi connectivity index (χ2v) is 4.32. The summed E-state index contributed by atoms with van der Waals surface area (Å²) in [6.45, 7) is 0.816. The highest BCUT2D eigenvalue weighted by atomic mass is 16.5. The summed E-state index contributed by atoms with van der Waals surface area (Å²) in [5.41, 5.74) is 6.05. The second-order valence-electron chi connectivity index (χ2n) is 4.32. The van der Waals surface area contributed by atoms with Crippen LogP contribution in [0.2, 0.25) is 0 Å². The van der Waals surface area contributed by atoms with E-state index in [2.05, 4.69) is 0 Å². The lowest BCUT2D eigenvalue weighted by atomic mass is 10.2. The van der Waals surface area contributed by atoms with Crippen LogP contribution >= 0.6 is 0 Å². The van der Waals surface area contributed by atoms with Crippen LogP contribution in [0.25, 0.3) is 0 Å². The van der Waals surface area contributed by atoms with E-state index in [-0.39, 0.29) is 5.84 Å². The molecule has 0 heterocycles. The smallest absolute Gasteiger partial charge is 0.123 e. The van der Waals surface area contributed by atoms with Gasteiger partial charge in [-0.2, -0.15) is 0 Å². The molecular weight excluding hydrogens is 268 g/mol. The molecule has 0 fully saturated rings. The van der Waals surface area contributed by atoms with Crippen molar-refractivity contribution in [1.82, 2.24) is 0 Å². The van der Waals surface area contributed by atoms with Crippen LogP contribution in [-0.2, 0) is 0 Å². The molecular formula is C16H18N2O3. The zero-order valence-corrected chi connectivity index (χ0v) is 11.8. The first-order chi connectivity index (χ1) is 10.2. The van der Waals surface area contributed by atoms with E-state index in [1.54, 1.807) is 25.3 Å². The zero-order chi connectivity index (χ0) is 15.1. The Labute approximate surface area is 123 Å². The standard InChI is InChI=1S/C16H18N2O3/c1-19-14-9-12(16(17)18)10-15(11-14)21-8-7-20-13-5-3-2-4-6-13/h2-6,9-11H,7-8H2,1H3,(H3,17,18). The Hall–Kier alpha value is -2.69. The van der Waals surface area contributed by atoms with Crippen LogP contribution in [0.1, 0.15) is 5.56 Å². The van der Waals surface area contributed by atoms with E-state index < -0.39 is 0 Å². The molecule has 5 heteroatoms. The topological polar surface area (TPSA) is 77.6 Å². The second kappa shape index (κ2) is 7.19. The molecule has 2 rings (SSSR count). The van der Waals surface area contributed by atoms with E-state index in [0.717, 1.165) is 5.75 Å². The molecule has 0 bridgehead atoms. The summed E-state index contributed by atoms with van der Waals surface area (Å²) < 4.78 is 16.3. The predicted octanol–water partition coefficient (Wildman–Crippen LogP) is 2.44. The van der Waals surface area contributed by atoms with Crippen molar-refractivity contribution in [3.63, 3.8) is 0 Å². The van der Waals surface area contributed by atoms with Gasteiger partial charge in [-0.25, -0.2) is 0 Å². The molecule has 0 aliphatic heterocycles. The Bertz CT molecular complexity index is 600. The fourth-order valence-corrected chi connectivity index (χ4v) is 1.76. The fourth-order valence-electron chi connectivity index (χ4n) is 1.76. The van der Waals surface area contributed by atoms with Crippen molar-refractivity contribution >= 4 is 5.84 Å². The lowest BCUT2D eigenvalue weighted by Gasteiger charge is -2.11. The minimum atomic E-state index is -0.0284. The molecule has 0 aromatic heterocycles. The van der Waals surface area contributed by atoms with Crippen molar-refractivity contribution in [1.29, 1.82) is 5.41 Å². The third-order valence-corrected chi connectivity index (χ3v) is 2.79. The summed E-state index contributed by atoms with van der Waals surface area (Å²) in [5.74, 6) is 1.97. The molecule has 5 nitrogen and oxygen atoms in total. The van der Waals surface area contributed by atoms with Crippen LogP contribution in [0.5, 0.6) is 17.2 Å². The first-order valence-electron chi connectivity index (χ1n) is 6.53. The number of para-hydroxylation sites is 1. The van der Waals surface area contributed by atoms with Crippen molar-refractivity contribution in [2.75, 3.05) is 20.3 Å². The third-order valence-electron chi connectivity index (χ3n) is 2.79. The van der Waals surface area contributed by atoms with Gasteiger partial charge in [0.15, 0.2) is 0 Å². The van der Waals surface area contributed by atoms with Crippen molar-refractivity contribution in [3.8, 4) is 17.2 Å². The number of rotatable bonds is 7. The van der Waals surface area contributed by atoms with Crippen molar-refractivity contribution in [2.45, 2.75) is 0 Å². The number of hydrogen-bond acceptors (Lipinski definition) is 4. The van der Waals surface area contributed by atoms with Gasteiger partial charge in [-0.15, -0.1) is 0 Å². The average molecular weight is 286 g/mol. The van der Waals surface area contributed by atoms with E-state index in [1.165, 1.54) is 0 Å². The summed E-state index contributed by atoms with van der Waals surface area (Å²) in [6, 6.07) is 14.7. The van der Waals surface area contributed by atoms with Crippen LogP contribution in [-0.4, -0.2) is 26.2 Å². The Morgan fingerprint density at radius 1 is 0.952 bits per heavy atom. The van der Waals surface area contributed by atoms with Gasteiger partial charge in [0, 0.05) is 11.6 Å². The SMILES string of the molecule is COc1cc(OCCOc2ccccc2)cc(C(=N)N)c1. The first kappa shape index (κ1) is 14.7. The molecule has 21 heavy (non-hydrogen) atoms. The molecule has 0 spiro atoms. The summed E-state index contributed by atoms with van der Waals surface area (Å²) >= 11 is 0. The molecule has 2 aromatic rings. The maximum Gasteiger partial charge on any atom is 0.123 e. The normalized spacial score (nSPS) is 9.95. The predicted molar refractivity (Wildman–Crippen MR) is 81.4 cm³/mol. The monoisotopic (exact) mass is 286 g/mol. The third kappa shape index (κ3) is 4.42. The van der Waals surface area contributed by atoms with Crippen molar-refractivity contribution in [3.05, 3.63) is 54.1 Å². The molecule has 0 saturated carbocycles. The van der Waals surface area contributed by atoms with E-state index in [1.807, 2.05) is 30.3 Å². The number of methoxy groups -OCH3 is 1. The average Bonchev–Trinajstić information content (AvgIpc) is 2.52.